The molecular weight excluding hydrogens is 328 g/mol. The summed E-state index contributed by atoms with van der Waals surface area (Å²) in [5, 5.41) is 19.2. The van der Waals surface area contributed by atoms with E-state index in [0.717, 1.165) is 11.0 Å². The fourth-order valence-electron chi connectivity index (χ4n) is 2.53. The van der Waals surface area contributed by atoms with Crippen molar-refractivity contribution in [3.63, 3.8) is 0 Å². The second-order valence-corrected chi connectivity index (χ2v) is 5.29. The van der Waals surface area contributed by atoms with E-state index in [0.29, 0.717) is 24.3 Å². The third-order valence-corrected chi connectivity index (χ3v) is 3.73. The first kappa shape index (κ1) is 18.3. The molecule has 134 valence electrons. The molecule has 2 rings (SSSR count). The molecule has 0 bridgehead atoms. The Balaban J connectivity index is 2.90. The fourth-order valence-corrected chi connectivity index (χ4v) is 2.53. The van der Waals surface area contributed by atoms with Crippen molar-refractivity contribution in [1.82, 2.24) is 9.55 Å². The van der Waals surface area contributed by atoms with Gasteiger partial charge in [0.1, 0.15) is 23.0 Å². The van der Waals surface area contributed by atoms with Crippen LogP contribution in [0.1, 0.15) is 35.9 Å². The van der Waals surface area contributed by atoms with Gasteiger partial charge in [0.05, 0.1) is 14.2 Å². The van der Waals surface area contributed by atoms with Gasteiger partial charge in [-0.1, -0.05) is 19.4 Å². The van der Waals surface area contributed by atoms with Gasteiger partial charge < -0.3 is 19.7 Å². The lowest BCUT2D eigenvalue weighted by Crippen LogP contribution is -2.30. The highest BCUT2D eigenvalue weighted by atomic mass is 16.5. The van der Waals surface area contributed by atoms with Gasteiger partial charge >= 0.3 is 5.97 Å². The number of ether oxygens (including phenoxy) is 2. The number of aryl methyl sites for hydroxylation is 1. The Morgan fingerprint density at radius 3 is 2.32 bits per heavy atom. The molecule has 0 fully saturated rings. The van der Waals surface area contributed by atoms with Crippen LogP contribution in [0.15, 0.2) is 23.0 Å². The summed E-state index contributed by atoms with van der Waals surface area (Å²) in [7, 11) is 2.86. The molecule has 0 atom stereocenters. The van der Waals surface area contributed by atoms with Gasteiger partial charge in [-0.2, -0.15) is 4.98 Å². The minimum absolute atomic E-state index is 0.233. The van der Waals surface area contributed by atoms with Crippen molar-refractivity contribution < 1.29 is 24.5 Å². The molecule has 2 N–H and O–H groups in total. The van der Waals surface area contributed by atoms with Crippen LogP contribution >= 0.6 is 0 Å². The number of carbonyl (C=O) groups is 1. The number of aromatic nitrogens is 2. The second-order valence-electron chi connectivity index (χ2n) is 5.29. The zero-order valence-corrected chi connectivity index (χ0v) is 14.3. The summed E-state index contributed by atoms with van der Waals surface area (Å²) >= 11 is 0. The molecule has 2 aromatic rings. The van der Waals surface area contributed by atoms with Crippen molar-refractivity contribution in [1.29, 1.82) is 0 Å². The SMILES string of the molecule is CCCCc1nc(O)c(C(=O)O)c(=O)n1-c1c(OC)cccc1OC. The number of hydrogen-bond donors (Lipinski definition) is 2. The average molecular weight is 348 g/mol. The largest absolute Gasteiger partial charge is 0.494 e. The van der Waals surface area contributed by atoms with E-state index in [1.807, 2.05) is 6.92 Å². The third kappa shape index (κ3) is 3.42. The van der Waals surface area contributed by atoms with Crippen LogP contribution in [0.3, 0.4) is 0 Å². The van der Waals surface area contributed by atoms with Crippen molar-refractivity contribution in [2.45, 2.75) is 26.2 Å². The predicted molar refractivity (Wildman–Crippen MR) is 90.2 cm³/mol. The number of aromatic carboxylic acids is 1. The van der Waals surface area contributed by atoms with Crippen LogP contribution in [0.25, 0.3) is 5.69 Å². The summed E-state index contributed by atoms with van der Waals surface area (Å²) in [4.78, 5) is 28.2. The number of carboxylic acid groups (broad SMARTS) is 1. The van der Waals surface area contributed by atoms with E-state index in [9.17, 15) is 19.8 Å². The molecule has 1 aromatic heterocycles. The molecule has 0 aliphatic carbocycles. The maximum Gasteiger partial charge on any atom is 0.346 e. The zero-order valence-electron chi connectivity index (χ0n) is 14.3. The Hall–Kier alpha value is -3.03. The van der Waals surface area contributed by atoms with E-state index >= 15 is 0 Å². The van der Waals surface area contributed by atoms with Crippen LogP contribution in [-0.2, 0) is 6.42 Å². The highest BCUT2D eigenvalue weighted by Gasteiger charge is 2.25. The van der Waals surface area contributed by atoms with Gasteiger partial charge in [0.15, 0.2) is 5.56 Å². The first-order chi connectivity index (χ1) is 12.0. The normalized spacial score (nSPS) is 10.5. The molecule has 25 heavy (non-hydrogen) atoms. The number of unbranched alkanes of at least 4 members (excludes halogenated alkanes) is 1. The van der Waals surface area contributed by atoms with E-state index < -0.39 is 23.0 Å². The molecule has 0 amide bonds. The zero-order chi connectivity index (χ0) is 18.6. The molecule has 0 aliphatic heterocycles. The van der Waals surface area contributed by atoms with Crippen molar-refractivity contribution in [2.75, 3.05) is 14.2 Å². The summed E-state index contributed by atoms with van der Waals surface area (Å²) in [6.45, 7) is 1.97. The van der Waals surface area contributed by atoms with Gasteiger partial charge in [-0.3, -0.25) is 9.36 Å². The van der Waals surface area contributed by atoms with E-state index in [1.165, 1.54) is 14.2 Å². The summed E-state index contributed by atoms with van der Waals surface area (Å²) in [6.07, 6.45) is 1.91. The van der Waals surface area contributed by atoms with E-state index in [-0.39, 0.29) is 11.5 Å². The maximum absolute atomic E-state index is 12.8. The summed E-state index contributed by atoms with van der Waals surface area (Å²) < 4.78 is 11.8. The van der Waals surface area contributed by atoms with Crippen LogP contribution in [0.2, 0.25) is 0 Å². The van der Waals surface area contributed by atoms with Crippen LogP contribution in [-0.4, -0.2) is 40.0 Å². The smallest absolute Gasteiger partial charge is 0.346 e. The molecule has 0 radical (unpaired) electrons. The fraction of sp³-hybridized carbons (Fsp3) is 0.353. The number of aromatic hydroxyl groups is 1. The Morgan fingerprint density at radius 2 is 1.84 bits per heavy atom. The van der Waals surface area contributed by atoms with Crippen LogP contribution < -0.4 is 15.0 Å². The quantitative estimate of drug-likeness (QED) is 0.787. The number of benzene rings is 1. The predicted octanol–water partition coefficient (Wildman–Crippen LogP) is 2.00. The van der Waals surface area contributed by atoms with Crippen LogP contribution in [0, 0.1) is 0 Å². The summed E-state index contributed by atoms with van der Waals surface area (Å²) in [6, 6.07) is 4.94. The molecule has 1 heterocycles. The molecular formula is C17H20N2O6. The van der Waals surface area contributed by atoms with E-state index in [1.54, 1.807) is 18.2 Å². The molecule has 8 heteroatoms. The van der Waals surface area contributed by atoms with Gasteiger partial charge in [0.2, 0.25) is 5.88 Å². The van der Waals surface area contributed by atoms with E-state index in [4.69, 9.17) is 9.47 Å². The number of para-hydroxylation sites is 1. The number of rotatable bonds is 7. The molecule has 0 aliphatic rings. The third-order valence-electron chi connectivity index (χ3n) is 3.73. The Bertz CT molecular complexity index is 822. The maximum atomic E-state index is 12.8. The lowest BCUT2D eigenvalue weighted by Gasteiger charge is -2.18. The Morgan fingerprint density at radius 1 is 1.24 bits per heavy atom. The first-order valence-electron chi connectivity index (χ1n) is 7.75. The lowest BCUT2D eigenvalue weighted by atomic mass is 10.2. The van der Waals surface area contributed by atoms with E-state index in [2.05, 4.69) is 4.98 Å². The minimum atomic E-state index is -1.56. The Labute approximate surface area is 144 Å². The van der Waals surface area contributed by atoms with Crippen LogP contribution in [0.4, 0.5) is 0 Å². The summed E-state index contributed by atoms with van der Waals surface area (Å²) in [5.41, 5.74) is -1.44. The molecule has 0 saturated carbocycles. The molecule has 8 nitrogen and oxygen atoms in total. The van der Waals surface area contributed by atoms with Gasteiger partial charge in [0.25, 0.3) is 5.56 Å². The molecule has 1 aromatic carbocycles. The van der Waals surface area contributed by atoms with Crippen molar-refractivity contribution in [3.05, 3.63) is 39.9 Å². The van der Waals surface area contributed by atoms with Gasteiger partial charge in [-0.25, -0.2) is 4.79 Å². The number of carboxylic acids is 1. The number of methoxy groups -OCH3 is 2. The van der Waals surface area contributed by atoms with Crippen molar-refractivity contribution in [2.24, 2.45) is 0 Å². The van der Waals surface area contributed by atoms with Crippen LogP contribution in [0.5, 0.6) is 17.4 Å². The van der Waals surface area contributed by atoms with Gasteiger partial charge in [-0.15, -0.1) is 0 Å². The lowest BCUT2D eigenvalue weighted by molar-refractivity contribution is 0.0690. The standard InChI is InChI=1S/C17H20N2O6/c1-4-5-9-12-18-15(20)13(17(22)23)16(21)19(12)14-10(24-2)7-6-8-11(14)25-3/h6-8,20H,4-5,9H2,1-3H3,(H,22,23). The van der Waals surface area contributed by atoms with Gasteiger partial charge in [0, 0.05) is 6.42 Å². The molecule has 0 spiro atoms. The van der Waals surface area contributed by atoms with Crippen molar-refractivity contribution >= 4 is 5.97 Å². The number of nitrogens with zero attached hydrogens (tertiary/aromatic N) is 2. The van der Waals surface area contributed by atoms with Crippen molar-refractivity contribution in [3.8, 4) is 23.1 Å². The highest BCUT2D eigenvalue weighted by molar-refractivity contribution is 5.89. The second kappa shape index (κ2) is 7.69. The first-order valence-corrected chi connectivity index (χ1v) is 7.75. The van der Waals surface area contributed by atoms with Gasteiger partial charge in [-0.05, 0) is 18.6 Å². The minimum Gasteiger partial charge on any atom is -0.494 e. The highest BCUT2D eigenvalue weighted by Crippen LogP contribution is 2.32. The molecule has 0 saturated heterocycles. The average Bonchev–Trinajstić information content (AvgIpc) is 2.58. The monoisotopic (exact) mass is 348 g/mol. The topological polar surface area (TPSA) is 111 Å². The molecule has 0 unspecified atom stereocenters. The number of hydrogen-bond acceptors (Lipinski definition) is 6. The summed E-state index contributed by atoms with van der Waals surface area (Å²) in [5.74, 6) is -1.48. The Kier molecular flexibility index (Phi) is 5.63.